The highest BCUT2D eigenvalue weighted by atomic mass is 16.5. The lowest BCUT2D eigenvalue weighted by atomic mass is 10.1. The summed E-state index contributed by atoms with van der Waals surface area (Å²) < 4.78 is 6.79. The maximum atomic E-state index is 13.7. The van der Waals surface area contributed by atoms with Crippen molar-refractivity contribution in [3.05, 3.63) is 113 Å². The fourth-order valence-corrected chi connectivity index (χ4v) is 3.69. The number of rotatable bonds is 6. The summed E-state index contributed by atoms with van der Waals surface area (Å²) in [7, 11) is 0. The number of hydrogen-bond donors (Lipinski definition) is 2. The number of aryl methyl sites for hydroxylation is 1. The fourth-order valence-electron chi connectivity index (χ4n) is 3.69. The molecule has 7 heteroatoms. The molecule has 5 rings (SSSR count). The van der Waals surface area contributed by atoms with E-state index in [1.54, 1.807) is 16.8 Å². The first-order chi connectivity index (χ1) is 17.6. The molecule has 0 spiro atoms. The van der Waals surface area contributed by atoms with Gasteiger partial charge in [0.25, 0.3) is 5.56 Å². The smallest absolute Gasteiger partial charge is 0.269 e. The predicted octanol–water partition coefficient (Wildman–Crippen LogP) is 6.63. The van der Waals surface area contributed by atoms with Crippen LogP contribution in [-0.4, -0.2) is 20.9 Å². The summed E-state index contributed by atoms with van der Waals surface area (Å²) in [5, 5.41) is 14.9. The number of nitrogens with zero attached hydrogens (tertiary/aromatic N) is 3. The zero-order valence-electron chi connectivity index (χ0n) is 20.4. The van der Waals surface area contributed by atoms with Crippen molar-refractivity contribution in [3.8, 4) is 28.4 Å². The molecule has 36 heavy (non-hydrogen) atoms. The van der Waals surface area contributed by atoms with Gasteiger partial charge in [0, 0.05) is 29.1 Å². The Balaban J connectivity index is 0.00000148. The number of hydrogen-bond acceptors (Lipinski definition) is 6. The third-order valence-electron chi connectivity index (χ3n) is 5.46. The van der Waals surface area contributed by atoms with Crippen LogP contribution in [0.4, 0.5) is 11.5 Å². The molecule has 0 aliphatic carbocycles. The molecule has 0 saturated heterocycles. The standard InChI is InChI=1S/C27H21N5O2.C2H6/c1-18-7-13-22(14-8-18)32-26(20-11-9-19(10-12-20)24-15-16-29-34-24)31-25(23(17-28)27(32)33)30-21-5-3-2-4-6-21;1-2/h2-17,28,30H,1H3;1-2H3. The second-order valence-electron chi connectivity index (χ2n) is 7.76. The zero-order valence-corrected chi connectivity index (χ0v) is 20.4. The van der Waals surface area contributed by atoms with E-state index in [0.717, 1.165) is 28.6 Å². The maximum Gasteiger partial charge on any atom is 0.269 e. The van der Waals surface area contributed by atoms with Crippen molar-refractivity contribution in [2.24, 2.45) is 0 Å². The van der Waals surface area contributed by atoms with Crippen molar-refractivity contribution >= 4 is 17.7 Å². The van der Waals surface area contributed by atoms with E-state index < -0.39 is 0 Å². The Kier molecular flexibility index (Phi) is 7.51. The Hall–Kier alpha value is -4.78. The van der Waals surface area contributed by atoms with Crippen LogP contribution in [0.15, 0.2) is 100 Å². The van der Waals surface area contributed by atoms with Gasteiger partial charge in [0.1, 0.15) is 17.2 Å². The van der Waals surface area contributed by atoms with Crippen LogP contribution >= 0.6 is 0 Å². The van der Waals surface area contributed by atoms with Crippen LogP contribution in [0.2, 0.25) is 0 Å². The third-order valence-corrected chi connectivity index (χ3v) is 5.46. The number of anilines is 2. The van der Waals surface area contributed by atoms with Crippen LogP contribution < -0.4 is 10.9 Å². The van der Waals surface area contributed by atoms with Gasteiger partial charge >= 0.3 is 0 Å². The summed E-state index contributed by atoms with van der Waals surface area (Å²) in [5.41, 5.74) is 3.98. The highest BCUT2D eigenvalue weighted by Gasteiger charge is 2.18. The molecule has 0 radical (unpaired) electrons. The Labute approximate surface area is 209 Å². The lowest BCUT2D eigenvalue weighted by Crippen LogP contribution is -2.26. The van der Waals surface area contributed by atoms with Gasteiger partial charge in [-0.15, -0.1) is 0 Å². The molecule has 0 atom stereocenters. The molecular formula is C29H27N5O2. The van der Waals surface area contributed by atoms with Crippen LogP contribution in [-0.2, 0) is 0 Å². The Morgan fingerprint density at radius 1 is 0.889 bits per heavy atom. The van der Waals surface area contributed by atoms with E-state index in [0.29, 0.717) is 23.1 Å². The molecule has 5 aromatic rings. The van der Waals surface area contributed by atoms with Crippen LogP contribution in [0.25, 0.3) is 28.4 Å². The first-order valence-corrected chi connectivity index (χ1v) is 11.7. The summed E-state index contributed by atoms with van der Waals surface area (Å²) in [4.78, 5) is 18.5. The Morgan fingerprint density at radius 2 is 1.56 bits per heavy atom. The quantitative estimate of drug-likeness (QED) is 0.268. The van der Waals surface area contributed by atoms with Gasteiger partial charge in [-0.05, 0) is 31.2 Å². The van der Waals surface area contributed by atoms with Crippen molar-refractivity contribution in [1.82, 2.24) is 14.7 Å². The SMILES string of the molecule is CC.Cc1ccc(-n2c(-c3ccc(-c4ccno4)cc3)nc(Nc3ccccc3)c(C=N)c2=O)cc1. The molecule has 0 bridgehead atoms. The lowest BCUT2D eigenvalue weighted by molar-refractivity contribution is 0.432. The fraction of sp³-hybridized carbons (Fsp3) is 0.103. The van der Waals surface area contributed by atoms with Gasteiger partial charge in [0.2, 0.25) is 0 Å². The highest BCUT2D eigenvalue weighted by Crippen LogP contribution is 2.27. The summed E-state index contributed by atoms with van der Waals surface area (Å²) in [6, 6.07) is 26.5. The molecule has 3 aromatic carbocycles. The highest BCUT2D eigenvalue weighted by molar-refractivity contribution is 5.86. The van der Waals surface area contributed by atoms with Crippen molar-refractivity contribution in [2.75, 3.05) is 5.32 Å². The van der Waals surface area contributed by atoms with Crippen LogP contribution in [0.1, 0.15) is 25.0 Å². The number of aromatic nitrogens is 3. The molecule has 0 saturated carbocycles. The van der Waals surface area contributed by atoms with Crippen LogP contribution in [0.5, 0.6) is 0 Å². The van der Waals surface area contributed by atoms with E-state index in [9.17, 15) is 4.79 Å². The zero-order chi connectivity index (χ0) is 25.5. The van der Waals surface area contributed by atoms with Gasteiger partial charge in [0.15, 0.2) is 5.76 Å². The molecule has 2 N–H and O–H groups in total. The van der Waals surface area contributed by atoms with Gasteiger partial charge in [0.05, 0.1) is 11.9 Å². The normalized spacial score (nSPS) is 10.3. The van der Waals surface area contributed by atoms with Crippen LogP contribution in [0.3, 0.4) is 0 Å². The van der Waals surface area contributed by atoms with Gasteiger partial charge in [-0.1, -0.05) is 79.2 Å². The summed E-state index contributed by atoms with van der Waals surface area (Å²) in [6.07, 6.45) is 2.64. The minimum Gasteiger partial charge on any atom is -0.356 e. The van der Waals surface area contributed by atoms with E-state index in [-0.39, 0.29) is 11.1 Å². The molecule has 7 nitrogen and oxygen atoms in total. The van der Waals surface area contributed by atoms with Crippen molar-refractivity contribution in [2.45, 2.75) is 20.8 Å². The monoisotopic (exact) mass is 477 g/mol. The van der Waals surface area contributed by atoms with Crippen LogP contribution in [0, 0.1) is 12.3 Å². The molecule has 2 heterocycles. The maximum absolute atomic E-state index is 13.7. The molecule has 2 aromatic heterocycles. The predicted molar refractivity (Wildman–Crippen MR) is 144 cm³/mol. The first-order valence-electron chi connectivity index (χ1n) is 11.7. The van der Waals surface area contributed by atoms with E-state index >= 15 is 0 Å². The van der Waals surface area contributed by atoms with Gasteiger partial charge in [-0.2, -0.15) is 0 Å². The second kappa shape index (κ2) is 11.1. The summed E-state index contributed by atoms with van der Waals surface area (Å²) >= 11 is 0. The third kappa shape index (κ3) is 5.00. The first kappa shape index (κ1) is 24.3. The molecule has 0 fully saturated rings. The van der Waals surface area contributed by atoms with E-state index in [1.165, 1.54) is 0 Å². The van der Waals surface area contributed by atoms with Gasteiger partial charge < -0.3 is 15.2 Å². The van der Waals surface area contributed by atoms with Gasteiger partial charge in [-0.3, -0.25) is 9.36 Å². The number of benzene rings is 3. The molecule has 180 valence electrons. The Morgan fingerprint density at radius 3 is 2.17 bits per heavy atom. The lowest BCUT2D eigenvalue weighted by Gasteiger charge is -2.17. The van der Waals surface area contributed by atoms with E-state index in [2.05, 4.69) is 10.5 Å². The minimum atomic E-state index is -0.332. The average molecular weight is 478 g/mol. The minimum absolute atomic E-state index is 0.173. The van der Waals surface area contributed by atoms with E-state index in [4.69, 9.17) is 14.9 Å². The molecule has 0 aliphatic heterocycles. The topological polar surface area (TPSA) is 96.8 Å². The largest absolute Gasteiger partial charge is 0.356 e. The molecule has 0 unspecified atom stereocenters. The average Bonchev–Trinajstić information content (AvgIpc) is 3.46. The number of para-hydroxylation sites is 1. The second-order valence-corrected chi connectivity index (χ2v) is 7.76. The molecule has 0 amide bonds. The Bertz CT molecular complexity index is 1490. The van der Waals surface area contributed by atoms with E-state index in [1.807, 2.05) is 99.6 Å². The van der Waals surface area contributed by atoms with Gasteiger partial charge in [-0.25, -0.2) is 4.98 Å². The van der Waals surface area contributed by atoms with Crippen molar-refractivity contribution in [1.29, 1.82) is 5.41 Å². The van der Waals surface area contributed by atoms with Crippen molar-refractivity contribution < 1.29 is 4.52 Å². The summed E-state index contributed by atoms with van der Waals surface area (Å²) in [6.45, 7) is 5.99. The van der Waals surface area contributed by atoms with Crippen molar-refractivity contribution in [3.63, 3.8) is 0 Å². The molecule has 0 aliphatic rings. The molecular weight excluding hydrogens is 450 g/mol. The number of nitrogens with one attached hydrogen (secondary N) is 2. The summed E-state index contributed by atoms with van der Waals surface area (Å²) in [5.74, 6) is 1.44.